The molecule has 0 radical (unpaired) electrons. The van der Waals surface area contributed by atoms with E-state index in [2.05, 4.69) is 25.1 Å². The second kappa shape index (κ2) is 6.08. The van der Waals surface area contributed by atoms with Gasteiger partial charge in [0.25, 0.3) is 11.5 Å². The third-order valence-electron chi connectivity index (χ3n) is 4.86. The van der Waals surface area contributed by atoms with Gasteiger partial charge in [0, 0.05) is 13.0 Å². The smallest absolute Gasteiger partial charge is 0.437 e. The van der Waals surface area contributed by atoms with Crippen molar-refractivity contribution in [1.82, 2.24) is 14.9 Å². The van der Waals surface area contributed by atoms with E-state index in [1.165, 1.54) is 6.33 Å². The summed E-state index contributed by atoms with van der Waals surface area (Å²) >= 11 is 0. The van der Waals surface area contributed by atoms with Gasteiger partial charge in [-0.15, -0.1) is 10.2 Å². The highest BCUT2D eigenvalue weighted by Crippen LogP contribution is 2.49. The fraction of sp³-hybridized carbons (Fsp3) is 0.733. The highest BCUT2D eigenvalue weighted by Gasteiger charge is 2.64. The van der Waals surface area contributed by atoms with Crippen molar-refractivity contribution in [3.05, 3.63) is 12.0 Å². The van der Waals surface area contributed by atoms with E-state index in [1.54, 1.807) is 0 Å². The van der Waals surface area contributed by atoms with Crippen LogP contribution in [0.15, 0.2) is 16.6 Å². The minimum absolute atomic E-state index is 0.0215. The van der Waals surface area contributed by atoms with Crippen molar-refractivity contribution >= 4 is 0 Å². The second-order valence-corrected chi connectivity index (χ2v) is 6.59. The van der Waals surface area contributed by atoms with Gasteiger partial charge >= 0.3 is 6.18 Å². The highest BCUT2D eigenvalue weighted by atomic mass is 19.4. The third kappa shape index (κ3) is 3.26. The van der Waals surface area contributed by atoms with Gasteiger partial charge < -0.3 is 9.47 Å². The van der Waals surface area contributed by atoms with Crippen LogP contribution >= 0.6 is 0 Å². The molecule has 0 spiro atoms. The first-order chi connectivity index (χ1) is 12.0. The first-order valence-electron chi connectivity index (χ1n) is 8.29. The van der Waals surface area contributed by atoms with Crippen LogP contribution in [0.5, 0.6) is 11.6 Å². The third-order valence-corrected chi connectivity index (χ3v) is 4.86. The summed E-state index contributed by atoms with van der Waals surface area (Å²) in [4.78, 5) is 10.5. The Kier molecular flexibility index (Phi) is 4.01. The van der Waals surface area contributed by atoms with Crippen LogP contribution in [0.2, 0.25) is 0 Å². The Morgan fingerprint density at radius 2 is 1.84 bits per heavy atom. The number of nitrogens with zero attached hydrogens (tertiary/aromatic N) is 5. The van der Waals surface area contributed by atoms with E-state index in [0.717, 1.165) is 5.69 Å². The van der Waals surface area contributed by atoms with E-state index in [0.29, 0.717) is 57.3 Å². The Labute approximate surface area is 142 Å². The molecule has 0 unspecified atom stereocenters. The molecule has 7 nitrogen and oxygen atoms in total. The summed E-state index contributed by atoms with van der Waals surface area (Å²) in [6, 6.07) is 0. The summed E-state index contributed by atoms with van der Waals surface area (Å²) in [5, 5.41) is 6.55. The van der Waals surface area contributed by atoms with E-state index in [4.69, 9.17) is 9.47 Å². The number of ether oxygens (including phenoxy) is 2. The van der Waals surface area contributed by atoms with E-state index in [-0.39, 0.29) is 12.3 Å². The summed E-state index contributed by atoms with van der Waals surface area (Å²) < 4.78 is 49.9. The first kappa shape index (κ1) is 16.5. The van der Waals surface area contributed by atoms with Crippen molar-refractivity contribution in [3.63, 3.8) is 0 Å². The zero-order chi connectivity index (χ0) is 17.5. The van der Waals surface area contributed by atoms with Gasteiger partial charge in [0.1, 0.15) is 25.2 Å². The van der Waals surface area contributed by atoms with Crippen LogP contribution in [0.4, 0.5) is 13.2 Å². The van der Waals surface area contributed by atoms with Gasteiger partial charge in [-0.05, 0) is 31.8 Å². The summed E-state index contributed by atoms with van der Waals surface area (Å²) in [7, 11) is 0. The lowest BCUT2D eigenvalue weighted by Crippen LogP contribution is -2.39. The summed E-state index contributed by atoms with van der Waals surface area (Å²) in [5.41, 5.74) is -1.38. The van der Waals surface area contributed by atoms with E-state index in [1.807, 2.05) is 0 Å². The van der Waals surface area contributed by atoms with Gasteiger partial charge in [-0.2, -0.15) is 18.2 Å². The molecule has 3 aliphatic rings. The Morgan fingerprint density at radius 1 is 1.12 bits per heavy atom. The first-order valence-corrected chi connectivity index (χ1v) is 8.29. The quantitative estimate of drug-likeness (QED) is 0.828. The number of aromatic nitrogens is 2. The molecule has 1 aromatic heterocycles. The minimum atomic E-state index is -4.37. The highest BCUT2D eigenvalue weighted by molar-refractivity contribution is 5.38. The van der Waals surface area contributed by atoms with Crippen LogP contribution in [0.3, 0.4) is 0 Å². The molecule has 4 rings (SSSR count). The van der Waals surface area contributed by atoms with E-state index in [9.17, 15) is 13.2 Å². The number of hydrogen-bond donors (Lipinski definition) is 0. The second-order valence-electron chi connectivity index (χ2n) is 6.59. The topological polar surface area (TPSA) is 72.2 Å². The van der Waals surface area contributed by atoms with Gasteiger partial charge in [-0.25, -0.2) is 4.98 Å². The maximum absolute atomic E-state index is 12.9. The molecule has 1 fully saturated rings. The van der Waals surface area contributed by atoms with Crippen LogP contribution in [0.25, 0.3) is 0 Å². The van der Waals surface area contributed by atoms with Crippen molar-refractivity contribution in [2.45, 2.75) is 37.6 Å². The Balaban J connectivity index is 1.33. The predicted molar refractivity (Wildman–Crippen MR) is 79.3 cm³/mol. The molecule has 4 heterocycles. The Bertz CT molecular complexity index is 668. The molecule has 0 saturated carbocycles. The number of halogens is 3. The number of rotatable bonds is 4. The molecule has 136 valence electrons. The predicted octanol–water partition coefficient (Wildman–Crippen LogP) is 2.57. The SMILES string of the molecule is FC(F)(F)C1(CC2CCN(Cc3ncnc4c3OCCO4)CC2)N=N1. The average Bonchev–Trinajstić information content (AvgIpc) is 3.38. The van der Waals surface area contributed by atoms with Gasteiger partial charge in [-0.3, -0.25) is 4.90 Å². The zero-order valence-electron chi connectivity index (χ0n) is 13.5. The number of alkyl halides is 3. The minimum Gasteiger partial charge on any atom is -0.483 e. The van der Waals surface area contributed by atoms with Crippen LogP contribution in [-0.4, -0.2) is 53.0 Å². The van der Waals surface area contributed by atoms with Crippen molar-refractivity contribution in [1.29, 1.82) is 0 Å². The molecular formula is C15H18F3N5O2. The van der Waals surface area contributed by atoms with Crippen LogP contribution in [-0.2, 0) is 6.54 Å². The molecule has 25 heavy (non-hydrogen) atoms. The fourth-order valence-corrected chi connectivity index (χ4v) is 3.37. The number of hydrogen-bond acceptors (Lipinski definition) is 7. The molecule has 0 amide bonds. The molecule has 1 saturated heterocycles. The molecule has 1 aromatic rings. The molecular weight excluding hydrogens is 339 g/mol. The van der Waals surface area contributed by atoms with Gasteiger partial charge in [0.05, 0.1) is 0 Å². The maximum Gasteiger partial charge on any atom is 0.437 e. The van der Waals surface area contributed by atoms with E-state index < -0.39 is 11.8 Å². The summed E-state index contributed by atoms with van der Waals surface area (Å²) in [5.74, 6) is 1.00. The molecule has 0 bridgehead atoms. The van der Waals surface area contributed by atoms with Crippen LogP contribution < -0.4 is 9.47 Å². The van der Waals surface area contributed by atoms with E-state index >= 15 is 0 Å². The van der Waals surface area contributed by atoms with Crippen molar-refractivity contribution in [2.75, 3.05) is 26.3 Å². The fourth-order valence-electron chi connectivity index (χ4n) is 3.37. The summed E-state index contributed by atoms with van der Waals surface area (Å²) in [6.07, 6.45) is -1.59. The number of likely N-dealkylation sites (tertiary alicyclic amines) is 1. The van der Waals surface area contributed by atoms with Gasteiger partial charge in [-0.1, -0.05) is 0 Å². The van der Waals surface area contributed by atoms with Crippen molar-refractivity contribution in [2.24, 2.45) is 16.1 Å². The zero-order valence-corrected chi connectivity index (χ0v) is 13.5. The molecule has 0 aromatic carbocycles. The van der Waals surface area contributed by atoms with Gasteiger partial charge in [0.15, 0.2) is 0 Å². The summed E-state index contributed by atoms with van der Waals surface area (Å²) in [6.45, 7) is 2.91. The lowest BCUT2D eigenvalue weighted by atomic mass is 9.88. The van der Waals surface area contributed by atoms with Crippen molar-refractivity contribution in [3.8, 4) is 11.6 Å². The van der Waals surface area contributed by atoms with Crippen LogP contribution in [0.1, 0.15) is 25.0 Å². The Hall–Kier alpha value is -1.97. The molecule has 0 atom stereocenters. The molecule has 0 N–H and O–H groups in total. The standard InChI is InChI=1S/C15H18F3N5O2/c16-15(17,18)14(21-22-14)7-10-1-3-23(4-2-10)8-11-12-13(20-9-19-11)25-6-5-24-12/h9-10H,1-8H2. The monoisotopic (exact) mass is 357 g/mol. The average molecular weight is 357 g/mol. The van der Waals surface area contributed by atoms with Gasteiger partial charge in [0.2, 0.25) is 5.75 Å². The largest absolute Gasteiger partial charge is 0.483 e. The lowest BCUT2D eigenvalue weighted by Gasteiger charge is -2.33. The normalized spacial score (nSPS) is 22.8. The number of fused-ring (bicyclic) bond motifs is 1. The molecule has 3 aliphatic heterocycles. The Morgan fingerprint density at radius 3 is 2.52 bits per heavy atom. The molecule has 0 aliphatic carbocycles. The van der Waals surface area contributed by atoms with Crippen molar-refractivity contribution < 1.29 is 22.6 Å². The maximum atomic E-state index is 12.9. The lowest BCUT2D eigenvalue weighted by molar-refractivity contribution is -0.168. The number of piperidine rings is 1. The van der Waals surface area contributed by atoms with Crippen LogP contribution in [0, 0.1) is 5.92 Å². The molecule has 10 heteroatoms.